The topological polar surface area (TPSA) is 43.8 Å². The molecule has 2 N–H and O–H groups in total. The highest BCUT2D eigenvalue weighted by Gasteiger charge is 2.12. The van der Waals surface area contributed by atoms with E-state index in [9.17, 15) is 0 Å². The van der Waals surface area contributed by atoms with Gasteiger partial charge in [-0.3, -0.25) is 4.57 Å². The van der Waals surface area contributed by atoms with E-state index in [1.807, 2.05) is 47.0 Å². The van der Waals surface area contributed by atoms with E-state index in [2.05, 4.69) is 20.9 Å². The number of fused-ring (bicyclic) bond motifs is 1. The van der Waals surface area contributed by atoms with Gasteiger partial charge in [-0.25, -0.2) is 4.98 Å². The molecule has 1 heterocycles. The van der Waals surface area contributed by atoms with E-state index in [0.29, 0.717) is 11.0 Å². The summed E-state index contributed by atoms with van der Waals surface area (Å²) in [6.07, 6.45) is 0. The third-order valence-electron chi connectivity index (χ3n) is 2.74. The largest absolute Gasteiger partial charge is 0.369 e. The molecular weight excluding hydrogens is 314 g/mol. The van der Waals surface area contributed by atoms with E-state index in [1.54, 1.807) is 0 Å². The van der Waals surface area contributed by atoms with Crippen LogP contribution in [-0.4, -0.2) is 9.55 Å². The number of nitrogens with zero attached hydrogens (tertiary/aromatic N) is 2. The van der Waals surface area contributed by atoms with E-state index in [-0.39, 0.29) is 0 Å². The second kappa shape index (κ2) is 4.30. The molecule has 3 nitrogen and oxygen atoms in total. The van der Waals surface area contributed by atoms with Gasteiger partial charge in [0.25, 0.3) is 0 Å². The minimum Gasteiger partial charge on any atom is -0.369 e. The molecule has 0 saturated carbocycles. The van der Waals surface area contributed by atoms with Gasteiger partial charge in [0.05, 0.1) is 21.7 Å². The lowest BCUT2D eigenvalue weighted by Gasteiger charge is -2.08. The standard InChI is InChI=1S/C13H9BrClN3/c14-8-5-6-10-12(7-8)18(13(16)17-10)11-4-2-1-3-9(11)15/h1-7H,(H2,16,17). The van der Waals surface area contributed by atoms with Crippen molar-refractivity contribution in [2.75, 3.05) is 5.73 Å². The molecule has 18 heavy (non-hydrogen) atoms. The van der Waals surface area contributed by atoms with Gasteiger partial charge in [0, 0.05) is 4.47 Å². The van der Waals surface area contributed by atoms with Gasteiger partial charge in [-0.1, -0.05) is 39.7 Å². The predicted molar refractivity (Wildman–Crippen MR) is 78.2 cm³/mol. The fourth-order valence-corrected chi connectivity index (χ4v) is 2.52. The molecule has 0 aliphatic rings. The zero-order valence-corrected chi connectivity index (χ0v) is 11.6. The third-order valence-corrected chi connectivity index (χ3v) is 3.55. The number of hydrogen-bond donors (Lipinski definition) is 1. The summed E-state index contributed by atoms with van der Waals surface area (Å²) in [7, 11) is 0. The normalized spacial score (nSPS) is 11.0. The first-order valence-corrected chi connectivity index (χ1v) is 6.52. The maximum Gasteiger partial charge on any atom is 0.205 e. The molecule has 5 heteroatoms. The maximum absolute atomic E-state index is 6.21. The number of imidazole rings is 1. The van der Waals surface area contributed by atoms with Crippen molar-refractivity contribution in [1.82, 2.24) is 9.55 Å². The zero-order valence-electron chi connectivity index (χ0n) is 9.27. The molecule has 2 aromatic carbocycles. The van der Waals surface area contributed by atoms with Crippen LogP contribution in [0.5, 0.6) is 0 Å². The second-order valence-corrected chi connectivity index (χ2v) is 5.21. The summed E-state index contributed by atoms with van der Waals surface area (Å²) in [5, 5.41) is 0.642. The molecule has 0 atom stereocenters. The number of anilines is 1. The lowest BCUT2D eigenvalue weighted by Crippen LogP contribution is -2.01. The van der Waals surface area contributed by atoms with Crippen molar-refractivity contribution >= 4 is 44.5 Å². The van der Waals surface area contributed by atoms with Crippen molar-refractivity contribution in [2.24, 2.45) is 0 Å². The first-order valence-electron chi connectivity index (χ1n) is 5.35. The number of halogens is 2. The fourth-order valence-electron chi connectivity index (χ4n) is 1.95. The molecule has 0 bridgehead atoms. The Bertz CT molecular complexity index is 736. The average Bonchev–Trinajstić information content (AvgIpc) is 2.66. The van der Waals surface area contributed by atoms with Crippen LogP contribution in [0.25, 0.3) is 16.7 Å². The van der Waals surface area contributed by atoms with Crippen LogP contribution in [0.3, 0.4) is 0 Å². The van der Waals surface area contributed by atoms with Crippen molar-refractivity contribution in [3.8, 4) is 5.69 Å². The van der Waals surface area contributed by atoms with Gasteiger partial charge in [-0.2, -0.15) is 0 Å². The number of nitrogens with two attached hydrogens (primary N) is 1. The molecule has 90 valence electrons. The summed E-state index contributed by atoms with van der Waals surface area (Å²) in [6, 6.07) is 13.4. The van der Waals surface area contributed by atoms with Gasteiger partial charge in [0.2, 0.25) is 5.95 Å². The highest BCUT2D eigenvalue weighted by atomic mass is 79.9. The lowest BCUT2D eigenvalue weighted by atomic mass is 10.3. The minimum atomic E-state index is 0.427. The van der Waals surface area contributed by atoms with Crippen LogP contribution in [-0.2, 0) is 0 Å². The molecule has 3 rings (SSSR count). The highest BCUT2D eigenvalue weighted by molar-refractivity contribution is 9.10. The van der Waals surface area contributed by atoms with Crippen LogP contribution < -0.4 is 5.73 Å². The van der Waals surface area contributed by atoms with Gasteiger partial charge < -0.3 is 5.73 Å². The van der Waals surface area contributed by atoms with Crippen molar-refractivity contribution in [3.63, 3.8) is 0 Å². The van der Waals surface area contributed by atoms with Crippen LogP contribution in [0.2, 0.25) is 5.02 Å². The Morgan fingerprint density at radius 3 is 2.72 bits per heavy atom. The van der Waals surface area contributed by atoms with E-state index < -0.39 is 0 Å². The predicted octanol–water partition coefficient (Wildman–Crippen LogP) is 4.02. The van der Waals surface area contributed by atoms with Crippen molar-refractivity contribution < 1.29 is 0 Å². The van der Waals surface area contributed by atoms with Gasteiger partial charge in [0.15, 0.2) is 0 Å². The molecule has 0 amide bonds. The van der Waals surface area contributed by atoms with Crippen LogP contribution in [0, 0.1) is 0 Å². The summed E-state index contributed by atoms with van der Waals surface area (Å²) in [5.74, 6) is 0.427. The van der Waals surface area contributed by atoms with E-state index >= 15 is 0 Å². The van der Waals surface area contributed by atoms with Gasteiger partial charge in [0.1, 0.15) is 0 Å². The summed E-state index contributed by atoms with van der Waals surface area (Å²) in [5.41, 5.74) is 8.58. The molecular formula is C13H9BrClN3. The average molecular weight is 323 g/mol. The maximum atomic E-state index is 6.21. The fraction of sp³-hybridized carbons (Fsp3) is 0. The van der Waals surface area contributed by atoms with Crippen LogP contribution >= 0.6 is 27.5 Å². The Morgan fingerprint density at radius 1 is 1.17 bits per heavy atom. The van der Waals surface area contributed by atoms with E-state index in [4.69, 9.17) is 17.3 Å². The van der Waals surface area contributed by atoms with Crippen molar-refractivity contribution in [3.05, 3.63) is 52.0 Å². The summed E-state index contributed by atoms with van der Waals surface area (Å²) in [6.45, 7) is 0. The molecule has 0 saturated heterocycles. The van der Waals surface area contributed by atoms with E-state index in [0.717, 1.165) is 21.2 Å². The van der Waals surface area contributed by atoms with Crippen LogP contribution in [0.4, 0.5) is 5.95 Å². The quantitative estimate of drug-likeness (QED) is 0.735. The van der Waals surface area contributed by atoms with Gasteiger partial charge >= 0.3 is 0 Å². The van der Waals surface area contributed by atoms with Crippen molar-refractivity contribution in [1.29, 1.82) is 0 Å². The lowest BCUT2D eigenvalue weighted by molar-refractivity contribution is 1.11. The molecule has 3 aromatic rings. The first-order chi connectivity index (χ1) is 8.66. The summed E-state index contributed by atoms with van der Waals surface area (Å²) in [4.78, 5) is 4.33. The Balaban J connectivity index is 2.38. The second-order valence-electron chi connectivity index (χ2n) is 3.89. The van der Waals surface area contributed by atoms with Gasteiger partial charge in [-0.15, -0.1) is 0 Å². The number of rotatable bonds is 1. The molecule has 0 unspecified atom stereocenters. The molecule has 1 aromatic heterocycles. The third kappa shape index (κ3) is 1.78. The zero-order chi connectivity index (χ0) is 12.7. The van der Waals surface area contributed by atoms with Crippen LogP contribution in [0.15, 0.2) is 46.9 Å². The molecule has 0 aliphatic heterocycles. The molecule has 0 fully saturated rings. The summed E-state index contributed by atoms with van der Waals surface area (Å²) < 4.78 is 2.82. The highest BCUT2D eigenvalue weighted by Crippen LogP contribution is 2.29. The Morgan fingerprint density at radius 2 is 1.94 bits per heavy atom. The Labute approximate surface area is 117 Å². The Kier molecular flexibility index (Phi) is 2.76. The number of aromatic nitrogens is 2. The number of para-hydroxylation sites is 1. The van der Waals surface area contributed by atoms with Crippen LogP contribution in [0.1, 0.15) is 0 Å². The number of hydrogen-bond acceptors (Lipinski definition) is 2. The number of benzene rings is 2. The monoisotopic (exact) mass is 321 g/mol. The Hall–Kier alpha value is -1.52. The minimum absolute atomic E-state index is 0.427. The van der Waals surface area contributed by atoms with E-state index in [1.165, 1.54) is 0 Å². The first kappa shape index (κ1) is 11.6. The molecule has 0 spiro atoms. The number of nitrogen functional groups attached to an aromatic ring is 1. The van der Waals surface area contributed by atoms with Gasteiger partial charge in [-0.05, 0) is 30.3 Å². The smallest absolute Gasteiger partial charge is 0.205 e. The van der Waals surface area contributed by atoms with Crippen molar-refractivity contribution in [2.45, 2.75) is 0 Å². The molecule has 0 aliphatic carbocycles. The molecule has 0 radical (unpaired) electrons. The summed E-state index contributed by atoms with van der Waals surface area (Å²) >= 11 is 9.66. The SMILES string of the molecule is Nc1nc2ccc(Br)cc2n1-c1ccccc1Cl.